The number of nitrogens with one attached hydrogen (secondary N) is 1. The van der Waals surface area contributed by atoms with Gasteiger partial charge in [-0.25, -0.2) is 13.3 Å². The number of aliphatic hydroxyl groups excluding tert-OH is 1. The lowest BCUT2D eigenvalue weighted by Crippen LogP contribution is -2.23. The third kappa shape index (κ3) is 4.51. The fourth-order valence-electron chi connectivity index (χ4n) is 5.42. The number of anilines is 3. The van der Waals surface area contributed by atoms with E-state index in [1.807, 2.05) is 36.4 Å². The Morgan fingerprint density at radius 3 is 2.62 bits per heavy atom. The molecule has 4 heterocycles. The van der Waals surface area contributed by atoms with Crippen molar-refractivity contribution in [1.82, 2.24) is 9.61 Å². The lowest BCUT2D eigenvalue weighted by molar-refractivity contribution is 0.102. The summed E-state index contributed by atoms with van der Waals surface area (Å²) < 4.78 is 30.1. The van der Waals surface area contributed by atoms with Gasteiger partial charge in [-0.1, -0.05) is 0 Å². The molecule has 190 valence electrons. The second kappa shape index (κ2) is 9.48. The molecule has 2 saturated heterocycles. The highest BCUT2D eigenvalue weighted by atomic mass is 19.1. The molecular weight excluding hydrogens is 476 g/mol. The van der Waals surface area contributed by atoms with Crippen molar-refractivity contribution in [2.24, 2.45) is 0 Å². The van der Waals surface area contributed by atoms with Crippen LogP contribution in [0.2, 0.25) is 0 Å². The molecule has 0 aliphatic carbocycles. The van der Waals surface area contributed by atoms with E-state index in [1.54, 1.807) is 10.7 Å². The molecular formula is C28H27F2N5O2. The normalized spacial score (nSPS) is 19.6. The summed E-state index contributed by atoms with van der Waals surface area (Å²) in [6.07, 6.45) is 5.32. The number of aliphatic hydroxyl groups is 1. The number of halogens is 2. The molecule has 0 saturated carbocycles. The van der Waals surface area contributed by atoms with E-state index in [4.69, 9.17) is 0 Å². The third-order valence-corrected chi connectivity index (χ3v) is 7.30. The molecule has 2 aliphatic rings. The van der Waals surface area contributed by atoms with Gasteiger partial charge in [-0.3, -0.25) is 4.79 Å². The maximum Gasteiger partial charge on any atom is 0.259 e. The van der Waals surface area contributed by atoms with Crippen molar-refractivity contribution in [2.75, 3.05) is 34.8 Å². The summed E-state index contributed by atoms with van der Waals surface area (Å²) in [7, 11) is 0. The average Bonchev–Trinajstić information content (AvgIpc) is 3.65. The number of hydrogen-bond acceptors (Lipinski definition) is 5. The van der Waals surface area contributed by atoms with Crippen LogP contribution in [0.25, 0.3) is 5.52 Å². The zero-order valence-corrected chi connectivity index (χ0v) is 20.1. The van der Waals surface area contributed by atoms with Crippen LogP contribution in [-0.2, 0) is 0 Å². The van der Waals surface area contributed by atoms with Crippen molar-refractivity contribution < 1.29 is 18.7 Å². The molecule has 2 aliphatic heterocycles. The Labute approximate surface area is 212 Å². The van der Waals surface area contributed by atoms with E-state index < -0.39 is 11.6 Å². The van der Waals surface area contributed by atoms with Gasteiger partial charge in [0.05, 0.1) is 29.4 Å². The van der Waals surface area contributed by atoms with Crippen molar-refractivity contribution in [2.45, 2.75) is 31.4 Å². The van der Waals surface area contributed by atoms with Crippen LogP contribution >= 0.6 is 0 Å². The van der Waals surface area contributed by atoms with Crippen molar-refractivity contribution in [3.63, 3.8) is 0 Å². The molecule has 0 spiro atoms. The Morgan fingerprint density at radius 2 is 1.84 bits per heavy atom. The van der Waals surface area contributed by atoms with E-state index in [0.717, 1.165) is 36.8 Å². The molecule has 2 N–H and O–H groups in total. The number of benzene rings is 2. The first-order valence-electron chi connectivity index (χ1n) is 12.5. The first kappa shape index (κ1) is 23.4. The van der Waals surface area contributed by atoms with Gasteiger partial charge in [-0.05, 0) is 73.9 Å². The smallest absolute Gasteiger partial charge is 0.259 e. The van der Waals surface area contributed by atoms with Gasteiger partial charge in [0.25, 0.3) is 5.91 Å². The minimum atomic E-state index is -0.459. The lowest BCUT2D eigenvalue weighted by Gasteiger charge is -2.27. The number of fused-ring (bicyclic) bond motifs is 1. The molecule has 2 aromatic heterocycles. The lowest BCUT2D eigenvalue weighted by atomic mass is 10.0. The number of nitrogens with zero attached hydrogens (tertiary/aromatic N) is 4. The number of carbonyl (C=O) groups excluding carboxylic acids is 1. The molecule has 0 radical (unpaired) electrons. The van der Waals surface area contributed by atoms with Crippen LogP contribution in [0.1, 0.15) is 41.2 Å². The van der Waals surface area contributed by atoms with Crippen molar-refractivity contribution in [1.29, 1.82) is 0 Å². The molecule has 6 rings (SSSR count). The first-order valence-corrected chi connectivity index (χ1v) is 12.5. The molecule has 2 aromatic carbocycles. The van der Waals surface area contributed by atoms with Crippen LogP contribution in [0.4, 0.5) is 25.8 Å². The van der Waals surface area contributed by atoms with Crippen LogP contribution in [0.5, 0.6) is 0 Å². The summed E-state index contributed by atoms with van der Waals surface area (Å²) in [4.78, 5) is 17.3. The van der Waals surface area contributed by atoms with E-state index >= 15 is 0 Å². The Morgan fingerprint density at radius 1 is 1.00 bits per heavy atom. The second-order valence-electron chi connectivity index (χ2n) is 9.68. The number of amides is 1. The largest absolute Gasteiger partial charge is 0.391 e. The van der Waals surface area contributed by atoms with Crippen LogP contribution in [0, 0.1) is 11.6 Å². The highest BCUT2D eigenvalue weighted by Crippen LogP contribution is 2.38. The minimum absolute atomic E-state index is 0.284. The summed E-state index contributed by atoms with van der Waals surface area (Å²) >= 11 is 0. The molecule has 4 aromatic rings. The van der Waals surface area contributed by atoms with Crippen molar-refractivity contribution in [3.05, 3.63) is 89.8 Å². The van der Waals surface area contributed by atoms with Crippen LogP contribution in [0.15, 0.2) is 67.0 Å². The molecule has 1 amide bonds. The van der Waals surface area contributed by atoms with Crippen molar-refractivity contribution in [3.8, 4) is 0 Å². The molecule has 2 atom stereocenters. The molecule has 9 heteroatoms. The number of carbonyl (C=O) groups is 1. The van der Waals surface area contributed by atoms with Gasteiger partial charge in [0.15, 0.2) is 0 Å². The molecule has 37 heavy (non-hydrogen) atoms. The monoisotopic (exact) mass is 503 g/mol. The summed E-state index contributed by atoms with van der Waals surface area (Å²) in [5.74, 6) is -1.17. The number of hydrogen-bond donors (Lipinski definition) is 2. The number of β-amino-alcohol motifs (C(OH)–C–C–N with tert-alkyl or cyclic N) is 1. The van der Waals surface area contributed by atoms with Gasteiger partial charge in [-0.2, -0.15) is 5.10 Å². The molecule has 2 unspecified atom stereocenters. The van der Waals surface area contributed by atoms with Gasteiger partial charge in [0.2, 0.25) is 0 Å². The predicted octanol–water partition coefficient (Wildman–Crippen LogP) is 4.78. The first-order chi connectivity index (χ1) is 18.0. The van der Waals surface area contributed by atoms with Crippen molar-refractivity contribution >= 4 is 28.5 Å². The summed E-state index contributed by atoms with van der Waals surface area (Å²) in [6, 6.07) is 14.6. The zero-order valence-electron chi connectivity index (χ0n) is 20.1. The molecule has 0 bridgehead atoms. The van der Waals surface area contributed by atoms with Gasteiger partial charge in [0, 0.05) is 48.5 Å². The second-order valence-corrected chi connectivity index (χ2v) is 9.68. The van der Waals surface area contributed by atoms with Crippen LogP contribution in [-0.4, -0.2) is 46.4 Å². The van der Waals surface area contributed by atoms with E-state index in [-0.39, 0.29) is 18.1 Å². The Kier molecular flexibility index (Phi) is 6.00. The molecule has 2 fully saturated rings. The summed E-state index contributed by atoms with van der Waals surface area (Å²) in [5.41, 5.74) is 3.88. The number of aromatic nitrogens is 2. The summed E-state index contributed by atoms with van der Waals surface area (Å²) in [6.45, 7) is 2.12. The topological polar surface area (TPSA) is 73.1 Å². The van der Waals surface area contributed by atoms with Gasteiger partial charge >= 0.3 is 0 Å². The highest BCUT2D eigenvalue weighted by molar-refractivity contribution is 6.09. The van der Waals surface area contributed by atoms with E-state index in [1.165, 1.54) is 18.3 Å². The average molecular weight is 504 g/mol. The van der Waals surface area contributed by atoms with Gasteiger partial charge in [-0.15, -0.1) is 0 Å². The van der Waals surface area contributed by atoms with Gasteiger partial charge < -0.3 is 20.2 Å². The zero-order chi connectivity index (χ0) is 25.5. The van der Waals surface area contributed by atoms with Crippen LogP contribution < -0.4 is 15.1 Å². The third-order valence-electron chi connectivity index (χ3n) is 7.30. The quantitative estimate of drug-likeness (QED) is 0.410. The predicted molar refractivity (Wildman–Crippen MR) is 138 cm³/mol. The minimum Gasteiger partial charge on any atom is -0.391 e. The van der Waals surface area contributed by atoms with E-state index in [2.05, 4.69) is 20.2 Å². The Balaban J connectivity index is 1.23. The highest BCUT2D eigenvalue weighted by Gasteiger charge is 2.29. The maximum atomic E-state index is 14.5. The number of pyridine rings is 1. The number of rotatable bonds is 5. The van der Waals surface area contributed by atoms with Gasteiger partial charge in [0.1, 0.15) is 11.6 Å². The molecule has 7 nitrogen and oxygen atoms in total. The fraction of sp³-hybridized carbons (Fsp3) is 0.286. The Bertz CT molecular complexity index is 1450. The Hall–Kier alpha value is -3.98. The van der Waals surface area contributed by atoms with Crippen LogP contribution in [0.3, 0.4) is 0 Å². The standard InChI is InChI=1S/C28H27F2N5O2/c29-18-3-8-25(30)23(14-18)26-2-1-11-34(26)21-9-13-35-27(15-21)24(16-31-35)28(37)32-19-4-6-20(7-5-19)33-12-10-22(36)17-33/h3-9,13-16,22,26,36H,1-2,10-12,17H2,(H,32,37). The summed E-state index contributed by atoms with van der Waals surface area (Å²) in [5, 5.41) is 17.0. The van der Waals surface area contributed by atoms with E-state index in [9.17, 15) is 18.7 Å². The SMILES string of the molecule is O=C(Nc1ccc(N2CCC(O)C2)cc1)c1cnn2ccc(N3CCCC3c3cc(F)ccc3F)cc12. The fourth-order valence-corrected chi connectivity index (χ4v) is 5.42. The maximum absolute atomic E-state index is 14.5. The van der Waals surface area contributed by atoms with E-state index in [0.29, 0.717) is 41.8 Å².